The summed E-state index contributed by atoms with van der Waals surface area (Å²) in [6.07, 6.45) is 2.19. The van der Waals surface area contributed by atoms with Crippen molar-refractivity contribution in [3.8, 4) is 5.75 Å². The van der Waals surface area contributed by atoms with Gasteiger partial charge in [-0.1, -0.05) is 13.3 Å². The van der Waals surface area contributed by atoms with Gasteiger partial charge in [0.25, 0.3) is 0 Å². The first-order valence-corrected chi connectivity index (χ1v) is 8.12. The smallest absolute Gasteiger partial charge is 0.227 e. The fourth-order valence-corrected chi connectivity index (χ4v) is 3.02. The number of amides is 2. The lowest BCUT2D eigenvalue weighted by molar-refractivity contribution is -0.127. The van der Waals surface area contributed by atoms with E-state index in [-0.39, 0.29) is 29.7 Å². The number of hydrogen-bond donors (Lipinski definition) is 1. The average Bonchev–Trinajstić information content (AvgIpc) is 2.89. The number of ether oxygens (including phenoxy) is 1. The summed E-state index contributed by atoms with van der Waals surface area (Å²) in [5.74, 6) is 0.410. The molecule has 1 heterocycles. The van der Waals surface area contributed by atoms with Crippen molar-refractivity contribution in [2.24, 2.45) is 5.92 Å². The van der Waals surface area contributed by atoms with Crippen molar-refractivity contribution in [2.45, 2.75) is 45.6 Å². The molecule has 0 aromatic heterocycles. The van der Waals surface area contributed by atoms with Gasteiger partial charge < -0.3 is 15.0 Å². The van der Waals surface area contributed by atoms with Gasteiger partial charge in [-0.25, -0.2) is 0 Å². The molecule has 0 radical (unpaired) electrons. The van der Waals surface area contributed by atoms with Crippen LogP contribution in [0.3, 0.4) is 0 Å². The van der Waals surface area contributed by atoms with Gasteiger partial charge in [-0.15, -0.1) is 0 Å². The summed E-state index contributed by atoms with van der Waals surface area (Å²) in [4.78, 5) is 26.4. The predicted octanol–water partition coefficient (Wildman–Crippen LogP) is 2.74. The standard InChI is InChI=1S/C18H26N2O3/c1-5-10-18(2,3)19-17(22)13-11-16(21)20(12-13)14-6-8-15(23-4)9-7-14/h6-9,13H,5,10-12H2,1-4H3,(H,19,22). The molecule has 5 nitrogen and oxygen atoms in total. The molecule has 0 bridgehead atoms. The summed E-state index contributed by atoms with van der Waals surface area (Å²) in [5.41, 5.74) is 0.571. The second kappa shape index (κ2) is 7.02. The largest absolute Gasteiger partial charge is 0.497 e. The number of benzene rings is 1. The molecule has 1 aromatic rings. The van der Waals surface area contributed by atoms with Crippen LogP contribution in [0.2, 0.25) is 0 Å². The minimum absolute atomic E-state index is 0.0105. The fourth-order valence-electron chi connectivity index (χ4n) is 3.02. The van der Waals surface area contributed by atoms with E-state index in [9.17, 15) is 9.59 Å². The third kappa shape index (κ3) is 4.24. The van der Waals surface area contributed by atoms with Crippen LogP contribution in [0.4, 0.5) is 5.69 Å². The Kier molecular flexibility index (Phi) is 5.29. The Morgan fingerprint density at radius 1 is 1.35 bits per heavy atom. The quantitative estimate of drug-likeness (QED) is 0.877. The Labute approximate surface area is 138 Å². The highest BCUT2D eigenvalue weighted by molar-refractivity contribution is 6.00. The molecule has 5 heteroatoms. The summed E-state index contributed by atoms with van der Waals surface area (Å²) in [6, 6.07) is 7.33. The summed E-state index contributed by atoms with van der Waals surface area (Å²) >= 11 is 0. The lowest BCUT2D eigenvalue weighted by Crippen LogP contribution is -2.46. The third-order valence-corrected chi connectivity index (χ3v) is 4.22. The number of rotatable bonds is 6. The molecule has 1 fully saturated rings. The van der Waals surface area contributed by atoms with Crippen molar-refractivity contribution in [1.82, 2.24) is 5.32 Å². The molecule has 2 amide bonds. The molecule has 1 atom stereocenters. The normalized spacial score (nSPS) is 18.2. The number of nitrogens with one attached hydrogen (secondary N) is 1. The molecule has 1 N–H and O–H groups in total. The predicted molar refractivity (Wildman–Crippen MR) is 90.6 cm³/mol. The van der Waals surface area contributed by atoms with Crippen molar-refractivity contribution in [1.29, 1.82) is 0 Å². The van der Waals surface area contributed by atoms with E-state index in [0.717, 1.165) is 24.3 Å². The molecular formula is C18H26N2O3. The van der Waals surface area contributed by atoms with E-state index in [2.05, 4.69) is 12.2 Å². The lowest BCUT2D eigenvalue weighted by Gasteiger charge is -2.27. The monoisotopic (exact) mass is 318 g/mol. The van der Waals surface area contributed by atoms with Gasteiger partial charge in [0.05, 0.1) is 13.0 Å². The molecule has 0 aliphatic carbocycles. The zero-order valence-electron chi connectivity index (χ0n) is 14.4. The van der Waals surface area contributed by atoms with Crippen LogP contribution in [0, 0.1) is 5.92 Å². The summed E-state index contributed by atoms with van der Waals surface area (Å²) in [6.45, 7) is 6.57. The molecule has 0 spiro atoms. The van der Waals surface area contributed by atoms with Gasteiger partial charge >= 0.3 is 0 Å². The van der Waals surface area contributed by atoms with Gasteiger partial charge in [-0.05, 0) is 44.5 Å². The van der Waals surface area contributed by atoms with E-state index >= 15 is 0 Å². The van der Waals surface area contributed by atoms with Crippen molar-refractivity contribution in [3.63, 3.8) is 0 Å². The van der Waals surface area contributed by atoms with Crippen molar-refractivity contribution in [2.75, 3.05) is 18.6 Å². The Morgan fingerprint density at radius 2 is 2.00 bits per heavy atom. The number of anilines is 1. The van der Waals surface area contributed by atoms with Crippen molar-refractivity contribution < 1.29 is 14.3 Å². The van der Waals surface area contributed by atoms with Crippen LogP contribution in [0.1, 0.15) is 40.0 Å². The maximum absolute atomic E-state index is 12.4. The van der Waals surface area contributed by atoms with Crippen LogP contribution >= 0.6 is 0 Å². The van der Waals surface area contributed by atoms with Gasteiger partial charge in [0.15, 0.2) is 0 Å². The van der Waals surface area contributed by atoms with Crippen LogP contribution < -0.4 is 15.0 Å². The maximum atomic E-state index is 12.4. The van der Waals surface area contributed by atoms with Crippen LogP contribution in [-0.2, 0) is 9.59 Å². The van der Waals surface area contributed by atoms with Crippen LogP contribution in [0.25, 0.3) is 0 Å². The first-order chi connectivity index (χ1) is 10.9. The van der Waals surface area contributed by atoms with Gasteiger partial charge in [0.2, 0.25) is 11.8 Å². The molecule has 1 aliphatic heterocycles. The first kappa shape index (κ1) is 17.3. The Balaban J connectivity index is 2.02. The Morgan fingerprint density at radius 3 is 2.57 bits per heavy atom. The Hall–Kier alpha value is -2.04. The molecule has 1 aliphatic rings. The molecule has 1 unspecified atom stereocenters. The number of methoxy groups -OCH3 is 1. The number of hydrogen-bond acceptors (Lipinski definition) is 3. The second-order valence-electron chi connectivity index (χ2n) is 6.73. The lowest BCUT2D eigenvalue weighted by atomic mass is 9.97. The van der Waals surface area contributed by atoms with E-state index in [4.69, 9.17) is 4.74 Å². The molecule has 126 valence electrons. The summed E-state index contributed by atoms with van der Waals surface area (Å²) in [5, 5.41) is 3.07. The average molecular weight is 318 g/mol. The van der Waals surface area contributed by atoms with Crippen LogP contribution in [0.15, 0.2) is 24.3 Å². The topological polar surface area (TPSA) is 58.6 Å². The highest BCUT2D eigenvalue weighted by atomic mass is 16.5. The number of carbonyl (C=O) groups is 2. The zero-order valence-corrected chi connectivity index (χ0v) is 14.4. The number of carbonyl (C=O) groups excluding carboxylic acids is 2. The van der Waals surface area contributed by atoms with Crippen molar-refractivity contribution in [3.05, 3.63) is 24.3 Å². The molecule has 1 saturated heterocycles. The van der Waals surface area contributed by atoms with E-state index < -0.39 is 0 Å². The molecule has 1 aromatic carbocycles. The minimum Gasteiger partial charge on any atom is -0.497 e. The maximum Gasteiger partial charge on any atom is 0.227 e. The molecule has 0 saturated carbocycles. The number of nitrogens with zero attached hydrogens (tertiary/aromatic N) is 1. The highest BCUT2D eigenvalue weighted by Gasteiger charge is 2.36. The zero-order chi connectivity index (χ0) is 17.0. The second-order valence-corrected chi connectivity index (χ2v) is 6.73. The Bertz CT molecular complexity index is 566. The van der Waals surface area contributed by atoms with Crippen LogP contribution in [0.5, 0.6) is 5.75 Å². The minimum atomic E-state index is -0.291. The molecular weight excluding hydrogens is 292 g/mol. The molecule has 2 rings (SSSR count). The first-order valence-electron chi connectivity index (χ1n) is 8.12. The van der Waals surface area contributed by atoms with E-state index in [1.54, 1.807) is 12.0 Å². The van der Waals surface area contributed by atoms with Crippen molar-refractivity contribution >= 4 is 17.5 Å². The molecule has 23 heavy (non-hydrogen) atoms. The van der Waals surface area contributed by atoms with E-state index in [1.165, 1.54) is 0 Å². The van der Waals surface area contributed by atoms with Gasteiger partial charge in [0, 0.05) is 24.2 Å². The van der Waals surface area contributed by atoms with Crippen LogP contribution in [-0.4, -0.2) is 31.0 Å². The SMILES string of the molecule is CCCC(C)(C)NC(=O)C1CC(=O)N(c2ccc(OC)cc2)C1. The third-order valence-electron chi connectivity index (χ3n) is 4.22. The van der Waals surface area contributed by atoms with E-state index in [1.807, 2.05) is 38.1 Å². The summed E-state index contributed by atoms with van der Waals surface area (Å²) < 4.78 is 5.13. The fraction of sp³-hybridized carbons (Fsp3) is 0.556. The van der Waals surface area contributed by atoms with E-state index in [0.29, 0.717) is 6.54 Å². The van der Waals surface area contributed by atoms with Gasteiger partial charge in [-0.3, -0.25) is 9.59 Å². The summed E-state index contributed by atoms with van der Waals surface area (Å²) in [7, 11) is 1.61. The van der Waals surface area contributed by atoms with Gasteiger partial charge in [-0.2, -0.15) is 0 Å². The van der Waals surface area contributed by atoms with Gasteiger partial charge in [0.1, 0.15) is 5.75 Å². The highest BCUT2D eigenvalue weighted by Crippen LogP contribution is 2.27.